The number of fused-ring (bicyclic) bond motifs is 1. The molecule has 10 heteroatoms. The molecule has 0 saturated heterocycles. The quantitative estimate of drug-likeness (QED) is 0.397. The summed E-state index contributed by atoms with van der Waals surface area (Å²) < 4.78 is 45.4. The molecular weight excluding hydrogens is 515 g/mol. The van der Waals surface area contributed by atoms with Gasteiger partial charge in [-0.3, -0.25) is 4.79 Å². The third-order valence-corrected chi connectivity index (χ3v) is 7.16. The van der Waals surface area contributed by atoms with E-state index in [0.29, 0.717) is 27.7 Å². The summed E-state index contributed by atoms with van der Waals surface area (Å²) in [6.07, 6.45) is -3.72. The molecule has 0 radical (unpaired) electrons. The smallest absolute Gasteiger partial charge is 0.416 e. The van der Waals surface area contributed by atoms with Crippen molar-refractivity contribution in [2.75, 3.05) is 6.61 Å². The van der Waals surface area contributed by atoms with Crippen LogP contribution in [0.25, 0.3) is 5.70 Å². The lowest BCUT2D eigenvalue weighted by molar-refractivity contribution is -0.139. The van der Waals surface area contributed by atoms with Gasteiger partial charge >= 0.3 is 12.1 Å². The number of nitrogens with zero attached hydrogens (tertiary/aromatic N) is 2. The van der Waals surface area contributed by atoms with Crippen molar-refractivity contribution in [3.05, 3.63) is 88.0 Å². The fraction of sp³-hybridized carbons (Fsp3) is 0.321. The second-order valence-electron chi connectivity index (χ2n) is 8.92. The average Bonchev–Trinajstić information content (AvgIpc) is 3.29. The molecule has 2 aliphatic rings. The minimum atomic E-state index is -4.50. The van der Waals surface area contributed by atoms with E-state index >= 15 is 0 Å². The molecule has 0 saturated carbocycles. The van der Waals surface area contributed by atoms with Gasteiger partial charge in [0.15, 0.2) is 5.17 Å². The SMILES string of the molecule is CCOC(=O)C1=C(c2ccccc2)N=C2SC=C(CC(=O)N[C@@H](C)CC)N2[C@@H]1c1ccc(C(F)(F)F)cc1. The van der Waals surface area contributed by atoms with Crippen LogP contribution < -0.4 is 5.32 Å². The van der Waals surface area contributed by atoms with Crippen LogP contribution in [0.5, 0.6) is 0 Å². The van der Waals surface area contributed by atoms with Gasteiger partial charge in [-0.2, -0.15) is 13.2 Å². The fourth-order valence-corrected chi connectivity index (χ4v) is 5.17. The summed E-state index contributed by atoms with van der Waals surface area (Å²) in [6.45, 7) is 5.66. The number of alkyl halides is 3. The van der Waals surface area contributed by atoms with Gasteiger partial charge in [0.25, 0.3) is 0 Å². The number of carbonyl (C=O) groups excluding carboxylic acids is 2. The minimum absolute atomic E-state index is 0.0166. The Balaban J connectivity index is 1.85. The first-order valence-electron chi connectivity index (χ1n) is 12.3. The van der Waals surface area contributed by atoms with Crippen molar-refractivity contribution in [1.82, 2.24) is 10.2 Å². The van der Waals surface area contributed by atoms with Crippen molar-refractivity contribution in [3.8, 4) is 0 Å². The van der Waals surface area contributed by atoms with Crippen molar-refractivity contribution < 1.29 is 27.5 Å². The maximum absolute atomic E-state index is 13.4. The molecule has 2 aromatic rings. The van der Waals surface area contributed by atoms with Crippen molar-refractivity contribution in [2.45, 2.75) is 51.9 Å². The fourth-order valence-electron chi connectivity index (χ4n) is 4.25. The molecular formula is C28H28F3N3O3S. The van der Waals surface area contributed by atoms with Gasteiger partial charge < -0.3 is 15.0 Å². The molecule has 1 amide bonds. The monoisotopic (exact) mass is 543 g/mol. The first-order chi connectivity index (χ1) is 18.1. The van der Waals surface area contributed by atoms with Gasteiger partial charge in [0, 0.05) is 17.3 Å². The molecule has 2 aromatic carbocycles. The number of esters is 1. The van der Waals surface area contributed by atoms with Crippen LogP contribution in [0, 0.1) is 0 Å². The summed E-state index contributed by atoms with van der Waals surface area (Å²) in [7, 11) is 0. The maximum Gasteiger partial charge on any atom is 0.416 e. The summed E-state index contributed by atoms with van der Waals surface area (Å²) in [6, 6.07) is 12.9. The lowest BCUT2D eigenvalue weighted by Crippen LogP contribution is -2.39. The minimum Gasteiger partial charge on any atom is -0.463 e. The largest absolute Gasteiger partial charge is 0.463 e. The summed E-state index contributed by atoms with van der Waals surface area (Å²) in [5.41, 5.74) is 1.48. The van der Waals surface area contributed by atoms with Crippen molar-refractivity contribution in [1.29, 1.82) is 0 Å². The zero-order chi connectivity index (χ0) is 27.4. The van der Waals surface area contributed by atoms with Crippen LogP contribution in [-0.2, 0) is 20.5 Å². The summed E-state index contributed by atoms with van der Waals surface area (Å²) >= 11 is 1.30. The number of rotatable bonds is 8. The van der Waals surface area contributed by atoms with Gasteiger partial charge in [-0.05, 0) is 43.4 Å². The van der Waals surface area contributed by atoms with E-state index in [2.05, 4.69) is 5.32 Å². The van der Waals surface area contributed by atoms with Gasteiger partial charge in [0.1, 0.15) is 0 Å². The molecule has 0 fully saturated rings. The number of carbonyl (C=O) groups is 2. The number of hydrogen-bond acceptors (Lipinski definition) is 6. The first kappa shape index (κ1) is 27.5. The molecule has 4 rings (SSSR count). The Hall–Kier alpha value is -3.53. The maximum atomic E-state index is 13.4. The van der Waals surface area contributed by atoms with Crippen LogP contribution in [0.3, 0.4) is 0 Å². The Labute approximate surface area is 223 Å². The average molecular weight is 544 g/mol. The third-order valence-electron chi connectivity index (χ3n) is 6.27. The molecule has 6 nitrogen and oxygen atoms in total. The van der Waals surface area contributed by atoms with Crippen LogP contribution in [0.15, 0.2) is 76.3 Å². The molecule has 2 aliphatic heterocycles. The second-order valence-corrected chi connectivity index (χ2v) is 9.75. The Morgan fingerprint density at radius 3 is 2.39 bits per heavy atom. The van der Waals surface area contributed by atoms with Gasteiger partial charge in [-0.15, -0.1) is 0 Å². The zero-order valence-electron chi connectivity index (χ0n) is 21.2. The molecule has 1 N–H and O–H groups in total. The van der Waals surface area contributed by atoms with E-state index in [-0.39, 0.29) is 30.5 Å². The number of hydrogen-bond donors (Lipinski definition) is 1. The number of halogens is 3. The van der Waals surface area contributed by atoms with E-state index < -0.39 is 23.8 Å². The molecule has 0 aliphatic carbocycles. The molecule has 200 valence electrons. The lowest BCUT2D eigenvalue weighted by atomic mass is 9.91. The van der Waals surface area contributed by atoms with E-state index in [1.165, 1.54) is 23.9 Å². The molecule has 0 aromatic heterocycles. The summed E-state index contributed by atoms with van der Waals surface area (Å²) in [5.74, 6) is -0.825. The number of thioether (sulfide) groups is 1. The van der Waals surface area contributed by atoms with Crippen LogP contribution in [-0.4, -0.2) is 34.6 Å². The van der Waals surface area contributed by atoms with Gasteiger partial charge in [0.05, 0.1) is 35.9 Å². The summed E-state index contributed by atoms with van der Waals surface area (Å²) in [4.78, 5) is 32.8. The van der Waals surface area contributed by atoms with Gasteiger partial charge in [0.2, 0.25) is 5.91 Å². The van der Waals surface area contributed by atoms with Crippen molar-refractivity contribution in [3.63, 3.8) is 0 Å². The number of ether oxygens (including phenoxy) is 1. The number of nitrogens with one attached hydrogen (secondary N) is 1. The number of benzene rings is 2. The summed E-state index contributed by atoms with van der Waals surface area (Å²) in [5, 5.41) is 5.25. The van der Waals surface area contributed by atoms with Crippen molar-refractivity contribution in [2.24, 2.45) is 4.99 Å². The predicted molar refractivity (Wildman–Crippen MR) is 142 cm³/mol. The highest BCUT2D eigenvalue weighted by Gasteiger charge is 2.42. The van der Waals surface area contributed by atoms with E-state index in [9.17, 15) is 22.8 Å². The van der Waals surface area contributed by atoms with E-state index in [1.54, 1.807) is 17.2 Å². The first-order valence-corrected chi connectivity index (χ1v) is 13.2. The molecule has 0 spiro atoms. The highest BCUT2D eigenvalue weighted by Crippen LogP contribution is 2.47. The Kier molecular flexibility index (Phi) is 8.30. The lowest BCUT2D eigenvalue weighted by Gasteiger charge is -2.37. The topological polar surface area (TPSA) is 71.0 Å². The molecule has 38 heavy (non-hydrogen) atoms. The second kappa shape index (κ2) is 11.5. The normalized spacial score (nSPS) is 17.9. The standard InChI is InChI=1S/C28H28F3N3O3S/c1-4-17(3)32-22(35)15-21-16-38-27-33-24(18-9-7-6-8-10-18)23(26(36)37-5-2)25(34(21)27)19-11-13-20(14-12-19)28(29,30)31/h6-14,16-17,25H,4-5,15H2,1-3H3,(H,32,35)/t17-,25+/m0/s1. The van der Waals surface area contributed by atoms with Gasteiger partial charge in [-0.25, -0.2) is 9.79 Å². The number of amidine groups is 1. The number of aliphatic imine (C=N–C) groups is 1. The Morgan fingerprint density at radius 1 is 1.11 bits per heavy atom. The molecule has 2 atom stereocenters. The molecule has 2 heterocycles. The van der Waals surface area contributed by atoms with E-state index in [4.69, 9.17) is 9.73 Å². The highest BCUT2D eigenvalue weighted by atomic mass is 32.2. The van der Waals surface area contributed by atoms with Crippen LogP contribution >= 0.6 is 11.8 Å². The zero-order valence-corrected chi connectivity index (χ0v) is 22.0. The molecule has 0 bridgehead atoms. The van der Waals surface area contributed by atoms with Gasteiger partial charge in [-0.1, -0.05) is 61.2 Å². The van der Waals surface area contributed by atoms with E-state index in [0.717, 1.165) is 18.6 Å². The van der Waals surface area contributed by atoms with E-state index in [1.807, 2.05) is 44.2 Å². The van der Waals surface area contributed by atoms with Crippen molar-refractivity contribution >= 4 is 34.5 Å². The van der Waals surface area contributed by atoms with Crippen LogP contribution in [0.4, 0.5) is 13.2 Å². The molecule has 0 unspecified atom stereocenters. The Morgan fingerprint density at radius 2 is 1.79 bits per heavy atom. The number of amides is 1. The highest BCUT2D eigenvalue weighted by molar-refractivity contribution is 8.16. The Bertz CT molecular complexity index is 1290. The van der Waals surface area contributed by atoms with Crippen LogP contribution in [0.2, 0.25) is 0 Å². The third kappa shape index (κ3) is 5.80. The predicted octanol–water partition coefficient (Wildman–Crippen LogP) is 6.29. The van der Waals surface area contributed by atoms with Crippen LogP contribution in [0.1, 0.15) is 56.3 Å².